The van der Waals surface area contributed by atoms with Crippen molar-refractivity contribution in [1.82, 2.24) is 0 Å². The number of benzene rings is 2. The fourth-order valence-corrected chi connectivity index (χ4v) is 1.79. The number of carbonyl (C=O) groups is 1. The molecule has 0 aliphatic heterocycles. The minimum atomic E-state index is -1.21. The van der Waals surface area contributed by atoms with E-state index in [0.717, 1.165) is 11.8 Å². The average molecular weight is 288 g/mol. The van der Waals surface area contributed by atoms with Gasteiger partial charge in [-0.3, -0.25) is 4.79 Å². The molecule has 2 aromatic rings. The van der Waals surface area contributed by atoms with Crippen molar-refractivity contribution in [3.63, 3.8) is 0 Å². The fourth-order valence-electron chi connectivity index (χ4n) is 1.79. The Balaban J connectivity index is 1.69. The Morgan fingerprint density at radius 2 is 1.86 bits per heavy atom. The smallest absolute Gasteiger partial charge is 0.157 e. The minimum absolute atomic E-state index is 0.0255. The van der Waals surface area contributed by atoms with E-state index < -0.39 is 6.17 Å². The Hall–Kier alpha value is -2.20. The number of alkyl halides is 1. The normalized spacial score (nSPS) is 11.9. The molecule has 0 saturated heterocycles. The maximum absolute atomic E-state index is 13.7. The molecular formula is C17H17FO3. The molecule has 0 bridgehead atoms. The van der Waals surface area contributed by atoms with E-state index >= 15 is 0 Å². The van der Waals surface area contributed by atoms with Crippen molar-refractivity contribution in [1.29, 1.82) is 0 Å². The summed E-state index contributed by atoms with van der Waals surface area (Å²) >= 11 is 0. The lowest BCUT2D eigenvalue weighted by atomic mass is 10.2. The first-order chi connectivity index (χ1) is 10.3. The monoisotopic (exact) mass is 288 g/mol. The third-order valence-electron chi connectivity index (χ3n) is 2.84. The summed E-state index contributed by atoms with van der Waals surface area (Å²) < 4.78 is 24.3. The topological polar surface area (TPSA) is 35.5 Å². The van der Waals surface area contributed by atoms with Crippen LogP contribution in [0.4, 0.5) is 4.39 Å². The number of carbonyl (C=O) groups excluding carboxylic acids is 1. The fraction of sp³-hybridized carbons (Fsp3) is 0.235. The first kappa shape index (κ1) is 15.2. The molecule has 3 nitrogen and oxygen atoms in total. The van der Waals surface area contributed by atoms with Gasteiger partial charge >= 0.3 is 0 Å². The molecule has 2 rings (SSSR count). The van der Waals surface area contributed by atoms with Gasteiger partial charge in [-0.1, -0.05) is 42.5 Å². The summed E-state index contributed by atoms with van der Waals surface area (Å²) in [6, 6.07) is 16.2. The quantitative estimate of drug-likeness (QED) is 0.698. The molecule has 0 N–H and O–H groups in total. The number of rotatable bonds is 8. The molecule has 0 radical (unpaired) electrons. The third-order valence-corrected chi connectivity index (χ3v) is 2.84. The molecule has 1 atom stereocenters. The number of hydrogen-bond acceptors (Lipinski definition) is 3. The van der Waals surface area contributed by atoms with Crippen molar-refractivity contribution >= 4 is 6.29 Å². The van der Waals surface area contributed by atoms with Gasteiger partial charge in [0, 0.05) is 5.56 Å². The lowest BCUT2D eigenvalue weighted by molar-refractivity contribution is 0.0488. The second-order valence-electron chi connectivity index (χ2n) is 4.60. The summed E-state index contributed by atoms with van der Waals surface area (Å²) in [6.45, 7) is 0.251. The highest BCUT2D eigenvalue weighted by Crippen LogP contribution is 2.13. The van der Waals surface area contributed by atoms with Crippen molar-refractivity contribution in [2.75, 3.05) is 13.2 Å². The summed E-state index contributed by atoms with van der Waals surface area (Å²) in [6.07, 6.45) is -0.489. The predicted molar refractivity (Wildman–Crippen MR) is 78.3 cm³/mol. The molecule has 2 aromatic carbocycles. The average Bonchev–Trinajstić information content (AvgIpc) is 2.54. The highest BCUT2D eigenvalue weighted by atomic mass is 19.1. The molecule has 0 saturated carbocycles. The van der Waals surface area contributed by atoms with Gasteiger partial charge in [0.25, 0.3) is 0 Å². The molecule has 4 heteroatoms. The predicted octanol–water partition coefficient (Wildman–Crippen LogP) is 3.43. The van der Waals surface area contributed by atoms with Crippen molar-refractivity contribution < 1.29 is 18.7 Å². The van der Waals surface area contributed by atoms with Gasteiger partial charge in [0.2, 0.25) is 0 Å². The molecule has 0 aromatic heterocycles. The van der Waals surface area contributed by atoms with Gasteiger partial charge in [-0.15, -0.1) is 0 Å². The van der Waals surface area contributed by atoms with Crippen molar-refractivity contribution in [2.24, 2.45) is 0 Å². The number of halogens is 1. The zero-order valence-corrected chi connectivity index (χ0v) is 11.6. The molecule has 21 heavy (non-hydrogen) atoms. The van der Waals surface area contributed by atoms with E-state index in [1.54, 1.807) is 24.3 Å². The summed E-state index contributed by atoms with van der Waals surface area (Å²) in [4.78, 5) is 10.6. The summed E-state index contributed by atoms with van der Waals surface area (Å²) in [5.74, 6) is 0.477. The second-order valence-corrected chi connectivity index (χ2v) is 4.60. The highest BCUT2D eigenvalue weighted by Gasteiger charge is 2.08. The van der Waals surface area contributed by atoms with Crippen LogP contribution in [-0.4, -0.2) is 25.7 Å². The molecule has 0 aliphatic rings. The van der Waals surface area contributed by atoms with Gasteiger partial charge in [-0.05, 0) is 17.7 Å². The van der Waals surface area contributed by atoms with E-state index in [1.165, 1.54) is 0 Å². The van der Waals surface area contributed by atoms with Gasteiger partial charge in [0.1, 0.15) is 18.6 Å². The van der Waals surface area contributed by atoms with E-state index in [-0.39, 0.29) is 13.2 Å². The Morgan fingerprint density at radius 3 is 2.62 bits per heavy atom. The summed E-state index contributed by atoms with van der Waals surface area (Å²) in [7, 11) is 0. The molecule has 1 unspecified atom stereocenters. The second kappa shape index (κ2) is 8.17. The van der Waals surface area contributed by atoms with Crippen LogP contribution >= 0.6 is 0 Å². The van der Waals surface area contributed by atoms with Gasteiger partial charge in [-0.2, -0.15) is 0 Å². The van der Waals surface area contributed by atoms with Gasteiger partial charge in [-0.25, -0.2) is 4.39 Å². The van der Waals surface area contributed by atoms with Crippen LogP contribution in [0.25, 0.3) is 0 Å². The van der Waals surface area contributed by atoms with Crippen LogP contribution in [0.5, 0.6) is 5.75 Å². The van der Waals surface area contributed by atoms with Crippen LogP contribution in [-0.2, 0) is 11.3 Å². The van der Waals surface area contributed by atoms with E-state index in [4.69, 9.17) is 9.47 Å². The number of hydrogen-bond donors (Lipinski definition) is 0. The zero-order valence-electron chi connectivity index (χ0n) is 11.6. The van der Waals surface area contributed by atoms with Crippen LogP contribution in [0.2, 0.25) is 0 Å². The van der Waals surface area contributed by atoms with Crippen LogP contribution in [0.3, 0.4) is 0 Å². The van der Waals surface area contributed by atoms with E-state index in [1.807, 2.05) is 30.3 Å². The molecule has 0 spiro atoms. The third kappa shape index (κ3) is 5.36. The van der Waals surface area contributed by atoms with Gasteiger partial charge < -0.3 is 9.47 Å². The molecule has 0 fully saturated rings. The standard InChI is InChI=1S/C17H17FO3/c18-16(12-20-11-14-5-2-1-3-6-14)13-21-17-8-4-7-15(9-17)10-19/h1-10,16H,11-13H2. The lowest BCUT2D eigenvalue weighted by Gasteiger charge is -2.11. The lowest BCUT2D eigenvalue weighted by Crippen LogP contribution is -2.19. The highest BCUT2D eigenvalue weighted by molar-refractivity contribution is 5.75. The Bertz CT molecular complexity index is 557. The molecule has 110 valence electrons. The number of aldehydes is 1. The molecule has 0 heterocycles. The molecule has 0 amide bonds. The van der Waals surface area contributed by atoms with Crippen LogP contribution in [0, 0.1) is 0 Å². The van der Waals surface area contributed by atoms with Crippen LogP contribution in [0.1, 0.15) is 15.9 Å². The minimum Gasteiger partial charge on any atom is -0.490 e. The van der Waals surface area contributed by atoms with Crippen molar-refractivity contribution in [3.05, 3.63) is 65.7 Å². The Labute approximate surface area is 123 Å². The van der Waals surface area contributed by atoms with E-state index in [0.29, 0.717) is 17.9 Å². The molecule has 0 aliphatic carbocycles. The first-order valence-electron chi connectivity index (χ1n) is 6.71. The first-order valence-corrected chi connectivity index (χ1v) is 6.71. The maximum atomic E-state index is 13.7. The Kier molecular flexibility index (Phi) is 5.91. The summed E-state index contributed by atoms with van der Waals surface area (Å²) in [5, 5.41) is 0. The maximum Gasteiger partial charge on any atom is 0.157 e. The SMILES string of the molecule is O=Cc1cccc(OCC(F)COCc2ccccc2)c1. The van der Waals surface area contributed by atoms with E-state index in [9.17, 15) is 9.18 Å². The Morgan fingerprint density at radius 1 is 1.05 bits per heavy atom. The van der Waals surface area contributed by atoms with Crippen LogP contribution in [0.15, 0.2) is 54.6 Å². The largest absolute Gasteiger partial charge is 0.490 e. The van der Waals surface area contributed by atoms with E-state index in [2.05, 4.69) is 0 Å². The van der Waals surface area contributed by atoms with Crippen molar-refractivity contribution in [2.45, 2.75) is 12.8 Å². The molecular weight excluding hydrogens is 271 g/mol. The van der Waals surface area contributed by atoms with Crippen LogP contribution < -0.4 is 4.74 Å². The van der Waals surface area contributed by atoms with Gasteiger partial charge in [0.15, 0.2) is 6.17 Å². The van der Waals surface area contributed by atoms with Crippen molar-refractivity contribution in [3.8, 4) is 5.75 Å². The number of ether oxygens (including phenoxy) is 2. The summed E-state index contributed by atoms with van der Waals surface area (Å²) in [5.41, 5.74) is 1.51. The van der Waals surface area contributed by atoms with Gasteiger partial charge in [0.05, 0.1) is 13.2 Å². The zero-order chi connectivity index (χ0) is 14.9.